The maximum absolute atomic E-state index is 4.19. The van der Waals surface area contributed by atoms with Crippen molar-refractivity contribution in [3.63, 3.8) is 0 Å². The van der Waals surface area contributed by atoms with Crippen LogP contribution < -0.4 is 4.90 Å². The van der Waals surface area contributed by atoms with Crippen molar-refractivity contribution in [3.05, 3.63) is 90.5 Å². The van der Waals surface area contributed by atoms with Crippen molar-refractivity contribution in [2.75, 3.05) is 4.90 Å². The summed E-state index contributed by atoms with van der Waals surface area (Å²) >= 11 is 0. The van der Waals surface area contributed by atoms with Crippen LogP contribution in [0.1, 0.15) is 11.1 Å². The molecule has 0 atom stereocenters. The zero-order valence-electron chi connectivity index (χ0n) is 12.3. The highest BCUT2D eigenvalue weighted by Crippen LogP contribution is 2.32. The summed E-state index contributed by atoms with van der Waals surface area (Å²) < 4.78 is 2.08. The van der Waals surface area contributed by atoms with Gasteiger partial charge >= 0.3 is 0 Å². The zero-order valence-corrected chi connectivity index (χ0v) is 12.3. The molecule has 0 bridgehead atoms. The van der Waals surface area contributed by atoms with E-state index in [4.69, 9.17) is 0 Å². The molecular weight excluding hydrogens is 270 g/mol. The molecule has 4 rings (SSSR count). The SMILES string of the molecule is C1=C(n2ccnc2)N(Cc2ccccc2)c2ccccc2C1. The van der Waals surface area contributed by atoms with Gasteiger partial charge in [-0.25, -0.2) is 4.98 Å². The maximum atomic E-state index is 4.19. The molecule has 1 aliphatic rings. The van der Waals surface area contributed by atoms with E-state index < -0.39 is 0 Å². The number of hydrogen-bond donors (Lipinski definition) is 0. The normalized spacial score (nSPS) is 13.6. The van der Waals surface area contributed by atoms with Crippen LogP contribution in [0.4, 0.5) is 5.69 Å². The number of anilines is 1. The molecule has 108 valence electrons. The summed E-state index contributed by atoms with van der Waals surface area (Å²) in [4.78, 5) is 6.55. The first kappa shape index (κ1) is 12.9. The third-order valence-corrected chi connectivity index (χ3v) is 4.02. The molecule has 0 aliphatic carbocycles. The molecule has 0 fully saturated rings. The Labute approximate surface area is 130 Å². The first-order chi connectivity index (χ1) is 10.9. The van der Waals surface area contributed by atoms with Crippen molar-refractivity contribution in [1.29, 1.82) is 0 Å². The third kappa shape index (κ3) is 2.31. The second-order valence-corrected chi connectivity index (χ2v) is 5.44. The fourth-order valence-corrected chi connectivity index (χ4v) is 2.95. The summed E-state index contributed by atoms with van der Waals surface area (Å²) in [5.74, 6) is 1.17. The highest BCUT2D eigenvalue weighted by atomic mass is 15.3. The van der Waals surface area contributed by atoms with Crippen LogP contribution in [0.25, 0.3) is 5.82 Å². The Morgan fingerprint density at radius 3 is 2.59 bits per heavy atom. The molecule has 0 unspecified atom stereocenters. The molecule has 0 saturated heterocycles. The van der Waals surface area contributed by atoms with Crippen LogP contribution in [0.2, 0.25) is 0 Å². The fraction of sp³-hybridized carbons (Fsp3) is 0.105. The van der Waals surface area contributed by atoms with Gasteiger partial charge in [-0.1, -0.05) is 48.5 Å². The molecule has 0 radical (unpaired) electrons. The number of benzene rings is 2. The lowest BCUT2D eigenvalue weighted by Gasteiger charge is -2.33. The number of nitrogens with zero attached hydrogens (tertiary/aromatic N) is 3. The first-order valence-corrected chi connectivity index (χ1v) is 7.50. The van der Waals surface area contributed by atoms with Crippen LogP contribution in [0.3, 0.4) is 0 Å². The number of para-hydroxylation sites is 1. The van der Waals surface area contributed by atoms with Gasteiger partial charge in [0.1, 0.15) is 12.1 Å². The van der Waals surface area contributed by atoms with E-state index in [1.807, 2.05) is 18.7 Å². The molecule has 1 aromatic heterocycles. The minimum Gasteiger partial charge on any atom is -0.323 e. The second-order valence-electron chi connectivity index (χ2n) is 5.44. The fourth-order valence-electron chi connectivity index (χ4n) is 2.95. The number of imidazole rings is 1. The molecule has 22 heavy (non-hydrogen) atoms. The van der Waals surface area contributed by atoms with E-state index in [1.54, 1.807) is 0 Å². The molecule has 0 saturated carbocycles. The molecule has 3 nitrogen and oxygen atoms in total. The standard InChI is InChI=1S/C19H17N3/c1-2-6-16(7-3-1)14-22-18-9-5-4-8-17(18)10-11-19(22)21-13-12-20-15-21/h1-9,11-13,15H,10,14H2. The lowest BCUT2D eigenvalue weighted by molar-refractivity contribution is 0.878. The number of rotatable bonds is 3. The van der Waals surface area contributed by atoms with E-state index in [-0.39, 0.29) is 0 Å². The van der Waals surface area contributed by atoms with Gasteiger partial charge in [0, 0.05) is 24.6 Å². The summed E-state index contributed by atoms with van der Waals surface area (Å²) in [6, 6.07) is 19.2. The molecule has 3 aromatic rings. The lowest BCUT2D eigenvalue weighted by Crippen LogP contribution is -2.27. The minimum absolute atomic E-state index is 0.849. The predicted octanol–water partition coefficient (Wildman–Crippen LogP) is 3.94. The van der Waals surface area contributed by atoms with Gasteiger partial charge in [0.15, 0.2) is 0 Å². The third-order valence-electron chi connectivity index (χ3n) is 4.02. The molecule has 3 heteroatoms. The van der Waals surface area contributed by atoms with E-state index in [9.17, 15) is 0 Å². The van der Waals surface area contributed by atoms with Gasteiger partial charge in [0.25, 0.3) is 0 Å². The molecule has 0 amide bonds. The number of allylic oxidation sites excluding steroid dienone is 1. The Morgan fingerprint density at radius 1 is 0.955 bits per heavy atom. The average molecular weight is 287 g/mol. The van der Waals surface area contributed by atoms with Gasteiger partial charge < -0.3 is 4.90 Å². The quantitative estimate of drug-likeness (QED) is 0.727. The topological polar surface area (TPSA) is 21.1 Å². The average Bonchev–Trinajstić information content (AvgIpc) is 3.10. The van der Waals surface area contributed by atoms with E-state index in [0.717, 1.165) is 13.0 Å². The van der Waals surface area contributed by atoms with Crippen molar-refractivity contribution < 1.29 is 0 Å². The molecule has 2 heterocycles. The highest BCUT2D eigenvalue weighted by molar-refractivity contribution is 5.74. The Balaban J connectivity index is 1.77. The van der Waals surface area contributed by atoms with Gasteiger partial charge in [-0.05, 0) is 29.7 Å². The van der Waals surface area contributed by atoms with Crippen LogP contribution in [-0.4, -0.2) is 9.55 Å². The first-order valence-electron chi connectivity index (χ1n) is 7.50. The van der Waals surface area contributed by atoms with E-state index in [0.29, 0.717) is 0 Å². The molecule has 1 aliphatic heterocycles. The van der Waals surface area contributed by atoms with E-state index >= 15 is 0 Å². The van der Waals surface area contributed by atoms with Crippen LogP contribution in [-0.2, 0) is 13.0 Å². The Morgan fingerprint density at radius 2 is 1.77 bits per heavy atom. The smallest absolute Gasteiger partial charge is 0.114 e. The van der Waals surface area contributed by atoms with Gasteiger partial charge in [-0.2, -0.15) is 0 Å². The van der Waals surface area contributed by atoms with Crippen molar-refractivity contribution in [1.82, 2.24) is 9.55 Å². The second kappa shape index (κ2) is 5.53. The Kier molecular flexibility index (Phi) is 3.24. The lowest BCUT2D eigenvalue weighted by atomic mass is 10.0. The van der Waals surface area contributed by atoms with E-state index in [2.05, 4.69) is 75.1 Å². The van der Waals surface area contributed by atoms with E-state index in [1.165, 1.54) is 22.6 Å². The monoisotopic (exact) mass is 287 g/mol. The minimum atomic E-state index is 0.849. The Bertz CT molecular complexity index is 789. The predicted molar refractivity (Wildman–Crippen MR) is 89.3 cm³/mol. The Hall–Kier alpha value is -2.81. The van der Waals surface area contributed by atoms with Crippen LogP contribution in [0.15, 0.2) is 79.4 Å². The van der Waals surface area contributed by atoms with Crippen molar-refractivity contribution >= 4 is 11.5 Å². The van der Waals surface area contributed by atoms with Crippen molar-refractivity contribution in [3.8, 4) is 0 Å². The summed E-state index contributed by atoms with van der Waals surface area (Å²) in [5, 5.41) is 0. The van der Waals surface area contributed by atoms with Crippen molar-refractivity contribution in [2.24, 2.45) is 0 Å². The maximum Gasteiger partial charge on any atom is 0.114 e. The number of hydrogen-bond acceptors (Lipinski definition) is 2. The van der Waals surface area contributed by atoms with Crippen molar-refractivity contribution in [2.45, 2.75) is 13.0 Å². The van der Waals surface area contributed by atoms with Gasteiger partial charge in [-0.3, -0.25) is 4.57 Å². The summed E-state index contributed by atoms with van der Waals surface area (Å²) in [6.07, 6.45) is 8.90. The number of aromatic nitrogens is 2. The van der Waals surface area contributed by atoms with Crippen LogP contribution in [0.5, 0.6) is 0 Å². The molecular formula is C19H17N3. The van der Waals surface area contributed by atoms with Gasteiger partial charge in [-0.15, -0.1) is 0 Å². The summed E-state index contributed by atoms with van der Waals surface area (Å²) in [7, 11) is 0. The van der Waals surface area contributed by atoms with Gasteiger partial charge in [0.2, 0.25) is 0 Å². The number of fused-ring (bicyclic) bond motifs is 1. The van der Waals surface area contributed by atoms with Crippen LogP contribution in [0, 0.1) is 0 Å². The van der Waals surface area contributed by atoms with Gasteiger partial charge in [0.05, 0.1) is 0 Å². The molecule has 2 aromatic carbocycles. The molecule has 0 spiro atoms. The van der Waals surface area contributed by atoms with Crippen LogP contribution >= 0.6 is 0 Å². The molecule has 0 N–H and O–H groups in total. The zero-order chi connectivity index (χ0) is 14.8. The highest BCUT2D eigenvalue weighted by Gasteiger charge is 2.20. The summed E-state index contributed by atoms with van der Waals surface area (Å²) in [5.41, 5.74) is 3.94. The largest absolute Gasteiger partial charge is 0.323 e. The summed E-state index contributed by atoms with van der Waals surface area (Å²) in [6.45, 7) is 0.849.